The van der Waals surface area contributed by atoms with Crippen molar-refractivity contribution in [3.05, 3.63) is 23.3 Å². The molecule has 0 saturated carbocycles. The van der Waals surface area contributed by atoms with E-state index in [1.54, 1.807) is 12.1 Å². The molecule has 0 spiro atoms. The van der Waals surface area contributed by atoms with Crippen LogP contribution in [0.15, 0.2) is 22.7 Å². The van der Waals surface area contributed by atoms with Crippen LogP contribution in [-0.4, -0.2) is 23.6 Å². The number of thiophene rings is 1. The van der Waals surface area contributed by atoms with E-state index in [1.807, 2.05) is 6.92 Å². The van der Waals surface area contributed by atoms with Gasteiger partial charge in [-0.25, -0.2) is 18.2 Å². The van der Waals surface area contributed by atoms with Crippen molar-refractivity contribution in [2.45, 2.75) is 17.6 Å². The number of rotatable bonds is 4. The number of H-pyrrole nitrogens is 1. The molecule has 6 nitrogen and oxygen atoms in total. The first-order chi connectivity index (χ1) is 7.62. The van der Waals surface area contributed by atoms with Gasteiger partial charge < -0.3 is 0 Å². The highest BCUT2D eigenvalue weighted by Gasteiger charge is 2.17. The van der Waals surface area contributed by atoms with Crippen LogP contribution in [0.5, 0.6) is 0 Å². The first-order valence-corrected chi connectivity index (χ1v) is 6.88. The van der Waals surface area contributed by atoms with Crippen molar-refractivity contribution in [2.75, 3.05) is 4.72 Å². The lowest BCUT2D eigenvalue weighted by Gasteiger charge is -2.00. The molecule has 0 aliphatic carbocycles. The van der Waals surface area contributed by atoms with Gasteiger partial charge in [0.1, 0.15) is 10.5 Å². The van der Waals surface area contributed by atoms with Crippen LogP contribution in [0.1, 0.15) is 11.8 Å². The molecule has 2 N–H and O–H groups in total. The summed E-state index contributed by atoms with van der Waals surface area (Å²) in [4.78, 5) is 4.73. The molecule has 0 aliphatic heterocycles. The summed E-state index contributed by atoms with van der Waals surface area (Å²) in [5.41, 5.74) is 0. The predicted molar refractivity (Wildman–Crippen MR) is 60.9 cm³/mol. The van der Waals surface area contributed by atoms with Crippen molar-refractivity contribution >= 4 is 27.3 Å². The largest absolute Gasteiger partial charge is 0.273 e. The van der Waals surface area contributed by atoms with Crippen LogP contribution in [-0.2, 0) is 16.4 Å². The summed E-state index contributed by atoms with van der Waals surface area (Å²) in [6.45, 7) is 1.98. The average Bonchev–Trinajstić information content (AvgIpc) is 2.85. The Morgan fingerprint density at radius 2 is 2.31 bits per heavy atom. The van der Waals surface area contributed by atoms with Crippen LogP contribution in [0.3, 0.4) is 0 Å². The second-order valence-corrected chi connectivity index (χ2v) is 6.09. The summed E-state index contributed by atoms with van der Waals surface area (Å²) in [6.07, 6.45) is 2.06. The average molecular weight is 258 g/mol. The zero-order valence-electron chi connectivity index (χ0n) is 8.47. The Morgan fingerprint density at radius 3 is 2.88 bits per heavy atom. The quantitative estimate of drug-likeness (QED) is 0.863. The fourth-order valence-corrected chi connectivity index (χ4v) is 3.39. The molecule has 0 aliphatic rings. The van der Waals surface area contributed by atoms with Gasteiger partial charge in [0.15, 0.2) is 0 Å². The van der Waals surface area contributed by atoms with Gasteiger partial charge in [-0.2, -0.15) is 10.1 Å². The summed E-state index contributed by atoms with van der Waals surface area (Å²) in [6, 6.07) is 3.39. The van der Waals surface area contributed by atoms with Crippen LogP contribution >= 0.6 is 11.3 Å². The van der Waals surface area contributed by atoms with Crippen molar-refractivity contribution < 1.29 is 8.42 Å². The Kier molecular flexibility index (Phi) is 2.92. The highest BCUT2D eigenvalue weighted by atomic mass is 32.2. The molecular weight excluding hydrogens is 248 g/mol. The monoisotopic (exact) mass is 258 g/mol. The highest BCUT2D eigenvalue weighted by molar-refractivity contribution is 7.94. The summed E-state index contributed by atoms with van der Waals surface area (Å²) >= 11 is 1.25. The molecule has 0 bridgehead atoms. The van der Waals surface area contributed by atoms with E-state index in [-0.39, 0.29) is 10.2 Å². The minimum Gasteiger partial charge on any atom is -0.247 e. The minimum atomic E-state index is -3.54. The third-order valence-electron chi connectivity index (χ3n) is 1.90. The zero-order chi connectivity index (χ0) is 11.6. The molecule has 0 fully saturated rings. The van der Waals surface area contributed by atoms with Gasteiger partial charge in [-0.15, -0.1) is 11.3 Å². The van der Waals surface area contributed by atoms with Crippen molar-refractivity contribution in [2.24, 2.45) is 0 Å². The maximum Gasteiger partial charge on any atom is 0.273 e. The molecule has 86 valence electrons. The van der Waals surface area contributed by atoms with Gasteiger partial charge in [-0.3, -0.25) is 0 Å². The van der Waals surface area contributed by atoms with Crippen molar-refractivity contribution in [3.8, 4) is 0 Å². The Balaban J connectivity index is 2.25. The number of aromatic amines is 1. The van der Waals surface area contributed by atoms with Gasteiger partial charge in [0.2, 0.25) is 5.95 Å². The van der Waals surface area contributed by atoms with Crippen molar-refractivity contribution in [3.63, 3.8) is 0 Å². The van der Waals surface area contributed by atoms with Gasteiger partial charge in [0, 0.05) is 4.88 Å². The van der Waals surface area contributed by atoms with E-state index >= 15 is 0 Å². The van der Waals surface area contributed by atoms with Gasteiger partial charge in [-0.05, 0) is 18.6 Å². The number of hydrogen-bond donors (Lipinski definition) is 2. The molecule has 0 aromatic carbocycles. The van der Waals surface area contributed by atoms with Crippen molar-refractivity contribution in [1.82, 2.24) is 15.2 Å². The van der Waals surface area contributed by atoms with Gasteiger partial charge in [0.05, 0.1) is 0 Å². The lowest BCUT2D eigenvalue weighted by Crippen LogP contribution is -2.12. The Bertz CT molecular complexity index is 559. The third kappa shape index (κ3) is 2.22. The molecule has 0 amide bonds. The lowest BCUT2D eigenvalue weighted by molar-refractivity contribution is 0.603. The van der Waals surface area contributed by atoms with E-state index < -0.39 is 10.0 Å². The number of nitrogens with zero attached hydrogens (tertiary/aromatic N) is 2. The Labute approximate surface area is 96.8 Å². The normalized spacial score (nSPS) is 11.6. The molecule has 16 heavy (non-hydrogen) atoms. The van der Waals surface area contributed by atoms with Crippen LogP contribution in [0.25, 0.3) is 0 Å². The zero-order valence-corrected chi connectivity index (χ0v) is 10.1. The molecule has 0 unspecified atom stereocenters. The standard InChI is InChI=1S/C8H10N4O2S2/c1-2-6-3-4-7(15-6)16(13,14)12-8-9-5-10-11-8/h3-5H,2H2,1H3,(H2,9,10,11,12). The molecule has 2 heterocycles. The number of sulfonamides is 1. The fourth-order valence-electron chi connectivity index (χ4n) is 1.12. The van der Waals surface area contributed by atoms with Gasteiger partial charge >= 0.3 is 0 Å². The second-order valence-electron chi connectivity index (χ2n) is 3.01. The smallest absolute Gasteiger partial charge is 0.247 e. The number of aryl methyl sites for hydroxylation is 1. The molecule has 0 saturated heterocycles. The summed E-state index contributed by atoms with van der Waals surface area (Å²) < 4.78 is 26.3. The fraction of sp³-hybridized carbons (Fsp3) is 0.250. The van der Waals surface area contributed by atoms with E-state index in [4.69, 9.17) is 0 Å². The van der Waals surface area contributed by atoms with E-state index in [0.29, 0.717) is 0 Å². The van der Waals surface area contributed by atoms with Crippen LogP contribution < -0.4 is 4.72 Å². The molecule has 2 aromatic rings. The third-order valence-corrected chi connectivity index (χ3v) is 4.96. The summed E-state index contributed by atoms with van der Waals surface area (Å²) in [7, 11) is -3.54. The number of aromatic nitrogens is 3. The van der Waals surface area contributed by atoms with E-state index in [0.717, 1.165) is 11.3 Å². The molecular formula is C8H10N4O2S2. The van der Waals surface area contributed by atoms with E-state index in [1.165, 1.54) is 17.7 Å². The van der Waals surface area contributed by atoms with E-state index in [2.05, 4.69) is 19.9 Å². The van der Waals surface area contributed by atoms with Crippen LogP contribution in [0.4, 0.5) is 5.95 Å². The SMILES string of the molecule is CCc1ccc(S(=O)(=O)Nc2ncn[nH]2)s1. The Hall–Kier alpha value is -1.41. The predicted octanol–water partition coefficient (Wildman–Crippen LogP) is 1.23. The molecule has 2 aromatic heterocycles. The van der Waals surface area contributed by atoms with Crippen molar-refractivity contribution in [1.29, 1.82) is 0 Å². The maximum absolute atomic E-state index is 11.8. The van der Waals surface area contributed by atoms with Crippen LogP contribution in [0.2, 0.25) is 0 Å². The first kappa shape index (κ1) is 11.1. The Morgan fingerprint density at radius 1 is 1.50 bits per heavy atom. The number of anilines is 1. The second kappa shape index (κ2) is 4.22. The molecule has 2 rings (SSSR count). The lowest BCUT2D eigenvalue weighted by atomic mass is 10.4. The highest BCUT2D eigenvalue weighted by Crippen LogP contribution is 2.23. The number of hydrogen-bond acceptors (Lipinski definition) is 5. The molecule has 0 radical (unpaired) electrons. The van der Waals surface area contributed by atoms with Gasteiger partial charge in [-0.1, -0.05) is 6.92 Å². The number of nitrogens with one attached hydrogen (secondary N) is 2. The van der Waals surface area contributed by atoms with Crippen LogP contribution in [0, 0.1) is 0 Å². The molecule has 0 atom stereocenters. The topological polar surface area (TPSA) is 87.7 Å². The summed E-state index contributed by atoms with van der Waals surface area (Å²) in [5.74, 6) is 0.117. The minimum absolute atomic E-state index is 0.117. The first-order valence-electron chi connectivity index (χ1n) is 4.58. The molecule has 8 heteroatoms. The maximum atomic E-state index is 11.8. The van der Waals surface area contributed by atoms with Gasteiger partial charge in [0.25, 0.3) is 10.0 Å². The van der Waals surface area contributed by atoms with E-state index in [9.17, 15) is 8.42 Å². The summed E-state index contributed by atoms with van der Waals surface area (Å²) in [5, 5.41) is 6.00.